The van der Waals surface area contributed by atoms with Crippen molar-refractivity contribution in [1.29, 1.82) is 0 Å². The molecule has 1 fully saturated rings. The van der Waals surface area contributed by atoms with Crippen molar-refractivity contribution in [3.8, 4) is 11.1 Å². The minimum atomic E-state index is -0.871. The fraction of sp³-hybridized carbons (Fsp3) is 0.296. The van der Waals surface area contributed by atoms with Crippen molar-refractivity contribution >= 4 is 33.8 Å². The lowest BCUT2D eigenvalue weighted by Gasteiger charge is -2.30. The predicted octanol–water partition coefficient (Wildman–Crippen LogP) is 4.77. The monoisotopic (exact) mass is 459 g/mol. The summed E-state index contributed by atoms with van der Waals surface area (Å²) in [5.74, 6) is -1.54. The first-order valence-electron chi connectivity index (χ1n) is 11.5. The number of rotatable bonds is 5. The maximum atomic E-state index is 12.8. The predicted molar refractivity (Wildman–Crippen MR) is 128 cm³/mol. The summed E-state index contributed by atoms with van der Waals surface area (Å²) in [5.41, 5.74) is 3.85. The third-order valence-corrected chi connectivity index (χ3v) is 6.78. The molecule has 5 rings (SSSR count). The van der Waals surface area contributed by atoms with Gasteiger partial charge in [-0.05, 0) is 43.4 Å². The number of carboxylic acid groups (broad SMARTS) is 1. The van der Waals surface area contributed by atoms with Crippen molar-refractivity contribution in [1.82, 2.24) is 4.90 Å². The van der Waals surface area contributed by atoms with E-state index in [0.717, 1.165) is 27.5 Å². The Morgan fingerprint density at radius 2 is 1.91 bits per heavy atom. The van der Waals surface area contributed by atoms with Crippen molar-refractivity contribution in [2.75, 3.05) is 13.1 Å². The SMILES string of the molecule is Cc1c(CCC(=O)N2CCC[C@@H](C(=O)O)C2)c(=O)oc2cc3occ(-c4ccccc4)c3cc12. The molecule has 1 amide bonds. The van der Waals surface area contributed by atoms with Crippen molar-refractivity contribution in [3.63, 3.8) is 0 Å². The molecular formula is C27H25NO6. The Labute approximate surface area is 195 Å². The maximum absolute atomic E-state index is 12.8. The van der Waals surface area contributed by atoms with Crippen LogP contribution in [0.2, 0.25) is 0 Å². The third-order valence-electron chi connectivity index (χ3n) is 6.78. The molecule has 0 spiro atoms. The summed E-state index contributed by atoms with van der Waals surface area (Å²) in [4.78, 5) is 38.4. The summed E-state index contributed by atoms with van der Waals surface area (Å²) in [6.07, 6.45) is 3.33. The standard InChI is InChI=1S/C27H25NO6/c1-16-19(9-10-25(29)28-11-5-8-18(14-28)26(30)31)27(32)34-24-13-23-21(12-20(16)24)22(15-33-23)17-6-3-2-4-7-17/h2-4,6-7,12-13,15,18H,5,8-11,14H2,1H3,(H,30,31)/t18-/m1/s1. The molecule has 2 aromatic heterocycles. The number of aryl methyl sites for hydroxylation is 1. The summed E-state index contributed by atoms with van der Waals surface area (Å²) in [6, 6.07) is 13.6. The molecule has 0 unspecified atom stereocenters. The van der Waals surface area contributed by atoms with E-state index in [1.54, 1.807) is 17.2 Å². The Bertz CT molecular complexity index is 1450. The zero-order valence-corrected chi connectivity index (χ0v) is 18.9. The molecule has 0 bridgehead atoms. The van der Waals surface area contributed by atoms with Gasteiger partial charge in [-0.2, -0.15) is 0 Å². The van der Waals surface area contributed by atoms with Crippen molar-refractivity contribution in [2.24, 2.45) is 5.92 Å². The topological polar surface area (TPSA) is 101 Å². The van der Waals surface area contributed by atoms with E-state index in [0.29, 0.717) is 36.1 Å². The van der Waals surface area contributed by atoms with Crippen molar-refractivity contribution in [3.05, 3.63) is 70.3 Å². The van der Waals surface area contributed by atoms with E-state index in [1.165, 1.54) is 0 Å². The van der Waals surface area contributed by atoms with Gasteiger partial charge in [0.25, 0.3) is 0 Å². The lowest BCUT2D eigenvalue weighted by atomic mass is 9.97. The van der Waals surface area contributed by atoms with Crippen LogP contribution in [0, 0.1) is 12.8 Å². The Hall–Kier alpha value is -3.87. The quantitative estimate of drug-likeness (QED) is 0.432. The zero-order chi connectivity index (χ0) is 23.8. The molecule has 0 radical (unpaired) electrons. The highest BCUT2D eigenvalue weighted by Crippen LogP contribution is 2.34. The smallest absolute Gasteiger partial charge is 0.339 e. The highest BCUT2D eigenvalue weighted by atomic mass is 16.4. The minimum Gasteiger partial charge on any atom is -0.481 e. The number of carboxylic acids is 1. The molecule has 4 aromatic rings. The number of nitrogens with zero attached hydrogens (tertiary/aromatic N) is 1. The molecule has 7 heteroatoms. The summed E-state index contributed by atoms with van der Waals surface area (Å²) >= 11 is 0. The van der Waals surface area contributed by atoms with Crippen LogP contribution < -0.4 is 5.63 Å². The number of aliphatic carboxylic acids is 1. The minimum absolute atomic E-state index is 0.132. The molecule has 1 saturated heterocycles. The zero-order valence-electron chi connectivity index (χ0n) is 18.9. The van der Waals surface area contributed by atoms with E-state index in [4.69, 9.17) is 8.83 Å². The number of furan rings is 1. The second-order valence-corrected chi connectivity index (χ2v) is 8.87. The fourth-order valence-electron chi connectivity index (χ4n) is 4.84. The summed E-state index contributed by atoms with van der Waals surface area (Å²) in [7, 11) is 0. The van der Waals surface area contributed by atoms with Gasteiger partial charge in [-0.25, -0.2) is 4.79 Å². The normalized spacial score (nSPS) is 16.3. The van der Waals surface area contributed by atoms with E-state index in [-0.39, 0.29) is 25.3 Å². The van der Waals surface area contributed by atoms with Gasteiger partial charge in [0, 0.05) is 47.5 Å². The number of benzene rings is 2. The summed E-state index contributed by atoms with van der Waals surface area (Å²) < 4.78 is 11.3. The largest absolute Gasteiger partial charge is 0.481 e. The molecule has 0 saturated carbocycles. The van der Waals surface area contributed by atoms with Crippen LogP contribution in [-0.2, 0) is 16.0 Å². The lowest BCUT2D eigenvalue weighted by Crippen LogP contribution is -2.42. The lowest BCUT2D eigenvalue weighted by molar-refractivity contribution is -0.145. The molecule has 0 aliphatic carbocycles. The number of likely N-dealkylation sites (tertiary alicyclic amines) is 1. The molecule has 3 heterocycles. The van der Waals surface area contributed by atoms with Gasteiger partial charge in [0.2, 0.25) is 5.91 Å². The molecule has 1 N–H and O–H groups in total. The Kier molecular flexibility index (Phi) is 5.69. The molecule has 174 valence electrons. The number of hydrogen-bond donors (Lipinski definition) is 1. The van der Waals surface area contributed by atoms with Crippen LogP contribution >= 0.6 is 0 Å². The highest BCUT2D eigenvalue weighted by Gasteiger charge is 2.28. The van der Waals surface area contributed by atoms with Crippen LogP contribution in [0.4, 0.5) is 0 Å². The average Bonchev–Trinajstić information content (AvgIpc) is 3.26. The fourth-order valence-corrected chi connectivity index (χ4v) is 4.84. The van der Waals surface area contributed by atoms with Crippen LogP contribution in [0.3, 0.4) is 0 Å². The van der Waals surface area contributed by atoms with E-state index in [9.17, 15) is 19.5 Å². The Morgan fingerprint density at radius 1 is 1.12 bits per heavy atom. The van der Waals surface area contributed by atoms with Crippen molar-refractivity contribution < 1.29 is 23.5 Å². The second-order valence-electron chi connectivity index (χ2n) is 8.87. The molecule has 2 aromatic carbocycles. The van der Waals surface area contributed by atoms with Crippen LogP contribution in [0.1, 0.15) is 30.4 Å². The van der Waals surface area contributed by atoms with Gasteiger partial charge in [0.15, 0.2) is 0 Å². The van der Waals surface area contributed by atoms with Gasteiger partial charge < -0.3 is 18.8 Å². The number of piperidine rings is 1. The third kappa shape index (κ3) is 3.98. The maximum Gasteiger partial charge on any atom is 0.339 e. The number of amides is 1. The summed E-state index contributed by atoms with van der Waals surface area (Å²) in [5, 5.41) is 11.0. The molecule has 34 heavy (non-hydrogen) atoms. The van der Waals surface area contributed by atoms with E-state index in [2.05, 4.69) is 0 Å². The molecular weight excluding hydrogens is 434 g/mol. The average molecular weight is 459 g/mol. The van der Waals surface area contributed by atoms with Gasteiger partial charge in [0.05, 0.1) is 12.2 Å². The number of carbonyl (C=O) groups is 2. The molecule has 1 aliphatic heterocycles. The van der Waals surface area contributed by atoms with E-state index in [1.807, 2.05) is 43.3 Å². The van der Waals surface area contributed by atoms with Gasteiger partial charge in [-0.1, -0.05) is 30.3 Å². The number of hydrogen-bond acceptors (Lipinski definition) is 5. The molecule has 7 nitrogen and oxygen atoms in total. The summed E-state index contributed by atoms with van der Waals surface area (Å²) in [6.45, 7) is 2.64. The van der Waals surface area contributed by atoms with E-state index < -0.39 is 17.5 Å². The number of carbonyl (C=O) groups excluding carboxylic acids is 1. The van der Waals surface area contributed by atoms with Crippen LogP contribution in [0.5, 0.6) is 0 Å². The van der Waals surface area contributed by atoms with Gasteiger partial charge in [-0.3, -0.25) is 9.59 Å². The van der Waals surface area contributed by atoms with Gasteiger partial charge >= 0.3 is 11.6 Å². The first-order valence-corrected chi connectivity index (χ1v) is 11.5. The van der Waals surface area contributed by atoms with E-state index >= 15 is 0 Å². The van der Waals surface area contributed by atoms with Crippen LogP contribution in [0.15, 0.2) is 62.4 Å². The Balaban J connectivity index is 1.45. The Morgan fingerprint density at radius 3 is 2.68 bits per heavy atom. The van der Waals surface area contributed by atoms with Gasteiger partial charge in [0.1, 0.15) is 11.2 Å². The molecule has 1 aliphatic rings. The van der Waals surface area contributed by atoms with Crippen molar-refractivity contribution in [2.45, 2.75) is 32.6 Å². The first kappa shape index (κ1) is 21.9. The second kappa shape index (κ2) is 8.82. The van der Waals surface area contributed by atoms with Crippen LogP contribution in [0.25, 0.3) is 33.1 Å². The van der Waals surface area contributed by atoms with Crippen LogP contribution in [-0.4, -0.2) is 35.0 Å². The molecule has 1 atom stereocenters. The highest BCUT2D eigenvalue weighted by molar-refractivity contribution is 6.02. The number of fused-ring (bicyclic) bond motifs is 2. The van der Waals surface area contributed by atoms with Gasteiger partial charge in [-0.15, -0.1) is 0 Å². The first-order chi connectivity index (χ1) is 16.4.